The molecule has 1 aromatic heterocycles. The van der Waals surface area contributed by atoms with Gasteiger partial charge < -0.3 is 15.0 Å². The highest BCUT2D eigenvalue weighted by Crippen LogP contribution is 2.39. The Labute approximate surface area is 187 Å². The number of thiocarbonyl (C=S) groups is 1. The van der Waals surface area contributed by atoms with Gasteiger partial charge in [0.2, 0.25) is 11.0 Å². The predicted octanol–water partition coefficient (Wildman–Crippen LogP) is 6.75. The van der Waals surface area contributed by atoms with E-state index < -0.39 is 0 Å². The zero-order valence-corrected chi connectivity index (χ0v) is 18.4. The van der Waals surface area contributed by atoms with Crippen LogP contribution in [0.5, 0.6) is 5.88 Å². The van der Waals surface area contributed by atoms with E-state index in [2.05, 4.69) is 41.5 Å². The van der Waals surface area contributed by atoms with Crippen molar-refractivity contribution in [3.8, 4) is 5.88 Å². The molecule has 0 aliphatic rings. The first-order valence-corrected chi connectivity index (χ1v) is 10.6. The molecule has 2 N–H and O–H groups in total. The summed E-state index contributed by atoms with van der Waals surface area (Å²) < 4.78 is 1.85. The number of azo groups is 1. The fourth-order valence-electron chi connectivity index (χ4n) is 3.56. The van der Waals surface area contributed by atoms with Crippen molar-refractivity contribution in [2.45, 2.75) is 26.8 Å². The van der Waals surface area contributed by atoms with E-state index in [4.69, 9.17) is 12.2 Å². The molecule has 0 fully saturated rings. The van der Waals surface area contributed by atoms with Crippen molar-refractivity contribution in [3.63, 3.8) is 0 Å². The fraction of sp³-hybridized carbons (Fsp3) is 0.160. The van der Waals surface area contributed by atoms with Gasteiger partial charge in [-0.05, 0) is 60.5 Å². The maximum Gasteiger partial charge on any atom is 0.221 e. The molecular weight excluding hydrogens is 404 g/mol. The van der Waals surface area contributed by atoms with Crippen molar-refractivity contribution >= 4 is 39.6 Å². The van der Waals surface area contributed by atoms with Crippen molar-refractivity contribution in [3.05, 3.63) is 89.5 Å². The molecule has 0 spiro atoms. The van der Waals surface area contributed by atoms with Gasteiger partial charge in [0.1, 0.15) is 0 Å². The molecule has 0 aliphatic heterocycles. The number of aromatic hydroxyl groups is 1. The number of aryl methyl sites for hydroxylation is 2. The summed E-state index contributed by atoms with van der Waals surface area (Å²) in [4.78, 5) is 0. The molecule has 5 nitrogen and oxygen atoms in total. The quantitative estimate of drug-likeness (QED) is 0.273. The summed E-state index contributed by atoms with van der Waals surface area (Å²) in [6, 6.07) is 23.9. The smallest absolute Gasteiger partial charge is 0.221 e. The largest absolute Gasteiger partial charge is 0.493 e. The third-order valence-electron chi connectivity index (χ3n) is 5.36. The number of nitrogens with one attached hydrogen (secondary N) is 1. The molecule has 6 heteroatoms. The van der Waals surface area contributed by atoms with Crippen molar-refractivity contribution in [1.29, 1.82) is 0 Å². The third kappa shape index (κ3) is 4.49. The van der Waals surface area contributed by atoms with E-state index in [9.17, 15) is 5.11 Å². The van der Waals surface area contributed by atoms with Crippen LogP contribution in [-0.2, 0) is 13.0 Å². The average molecular weight is 429 g/mol. The van der Waals surface area contributed by atoms with Crippen molar-refractivity contribution < 1.29 is 5.11 Å². The molecule has 4 rings (SSSR count). The first kappa shape index (κ1) is 20.8. The lowest BCUT2D eigenvalue weighted by molar-refractivity contribution is 0.429. The highest BCUT2D eigenvalue weighted by Gasteiger charge is 2.17. The molecule has 0 aliphatic carbocycles. The summed E-state index contributed by atoms with van der Waals surface area (Å²) in [7, 11) is 0. The highest BCUT2D eigenvalue weighted by atomic mass is 32.1. The molecular formula is C25H24N4OS. The zero-order valence-electron chi connectivity index (χ0n) is 17.5. The van der Waals surface area contributed by atoms with Gasteiger partial charge in [0, 0.05) is 11.1 Å². The van der Waals surface area contributed by atoms with Crippen LogP contribution >= 0.6 is 12.2 Å². The van der Waals surface area contributed by atoms with Crippen LogP contribution in [0.4, 0.5) is 11.4 Å². The summed E-state index contributed by atoms with van der Waals surface area (Å²) in [5.41, 5.74) is 5.72. The minimum absolute atomic E-state index is 0.0725. The Balaban J connectivity index is 1.62. The molecule has 31 heavy (non-hydrogen) atoms. The van der Waals surface area contributed by atoms with Gasteiger partial charge in [-0.2, -0.15) is 0 Å². The van der Waals surface area contributed by atoms with E-state index in [1.165, 1.54) is 11.1 Å². The Hall–Kier alpha value is -3.51. The number of nitrogens with zero attached hydrogens (tertiary/aromatic N) is 3. The second-order valence-electron chi connectivity index (χ2n) is 7.38. The molecule has 0 radical (unpaired) electrons. The van der Waals surface area contributed by atoms with E-state index in [0.29, 0.717) is 12.2 Å². The minimum atomic E-state index is 0.0725. The zero-order chi connectivity index (χ0) is 21.8. The van der Waals surface area contributed by atoms with Crippen LogP contribution in [0.2, 0.25) is 0 Å². The molecule has 0 amide bonds. The third-order valence-corrected chi connectivity index (χ3v) is 5.55. The summed E-state index contributed by atoms with van der Waals surface area (Å²) in [6.45, 7) is 4.72. The highest BCUT2D eigenvalue weighted by molar-refractivity contribution is 7.80. The van der Waals surface area contributed by atoms with Crippen molar-refractivity contribution in [2.24, 2.45) is 10.2 Å². The molecule has 4 aromatic rings. The first-order chi connectivity index (χ1) is 15.1. The van der Waals surface area contributed by atoms with Crippen LogP contribution in [0.25, 0.3) is 10.9 Å². The Kier molecular flexibility index (Phi) is 6.09. The minimum Gasteiger partial charge on any atom is -0.493 e. The Morgan fingerprint density at radius 1 is 1.00 bits per heavy atom. The lowest BCUT2D eigenvalue weighted by Gasteiger charge is -2.09. The van der Waals surface area contributed by atoms with Crippen molar-refractivity contribution in [2.75, 3.05) is 5.32 Å². The second-order valence-corrected chi connectivity index (χ2v) is 7.77. The normalized spacial score (nSPS) is 11.3. The summed E-state index contributed by atoms with van der Waals surface area (Å²) >= 11 is 5.33. The van der Waals surface area contributed by atoms with Gasteiger partial charge in [-0.3, -0.25) is 0 Å². The van der Waals surface area contributed by atoms with Crippen LogP contribution in [0.1, 0.15) is 23.6 Å². The Morgan fingerprint density at radius 3 is 2.45 bits per heavy atom. The van der Waals surface area contributed by atoms with Crippen LogP contribution in [0.3, 0.4) is 0 Å². The maximum absolute atomic E-state index is 11.0. The van der Waals surface area contributed by atoms with Gasteiger partial charge >= 0.3 is 0 Å². The number of hydrogen-bond acceptors (Lipinski definition) is 3. The fourth-order valence-corrected chi connectivity index (χ4v) is 3.71. The summed E-state index contributed by atoms with van der Waals surface area (Å²) in [5, 5.41) is 23.6. The number of aromatic nitrogens is 1. The molecule has 1 heterocycles. The van der Waals surface area contributed by atoms with Crippen LogP contribution < -0.4 is 5.32 Å². The maximum atomic E-state index is 11.0. The molecule has 156 valence electrons. The average Bonchev–Trinajstić information content (AvgIpc) is 3.05. The number of hydrogen-bond donors (Lipinski definition) is 2. The van der Waals surface area contributed by atoms with Crippen LogP contribution in [-0.4, -0.2) is 14.8 Å². The molecule has 0 bridgehead atoms. The SMILES string of the molecule is CCc1ccc(NC(=S)N=Nc2c(O)n(Cc3ccccc3C)c3ccccc23)cc1. The van der Waals surface area contributed by atoms with Gasteiger partial charge in [-0.15, -0.1) is 10.2 Å². The van der Waals surface area contributed by atoms with E-state index in [1.54, 1.807) is 0 Å². The Morgan fingerprint density at radius 2 is 1.71 bits per heavy atom. The van der Waals surface area contributed by atoms with Crippen LogP contribution in [0, 0.1) is 6.92 Å². The lowest BCUT2D eigenvalue weighted by atomic mass is 10.1. The number of benzene rings is 3. The Bertz CT molecular complexity index is 1260. The number of anilines is 1. The molecule has 0 saturated carbocycles. The van der Waals surface area contributed by atoms with Gasteiger partial charge in [-0.25, -0.2) is 0 Å². The standard InChI is InChI=1S/C25H24N4OS/c1-3-18-12-14-20(15-13-18)26-25(31)28-27-23-21-10-6-7-11-22(21)29(24(23)30)16-19-9-5-4-8-17(19)2/h4-15,30H,3,16H2,1-2H3,(H,26,31). The summed E-state index contributed by atoms with van der Waals surface area (Å²) in [5.74, 6) is 0.0725. The van der Waals surface area contributed by atoms with E-state index in [0.717, 1.165) is 28.6 Å². The van der Waals surface area contributed by atoms with Crippen LogP contribution in [0.15, 0.2) is 83.0 Å². The van der Waals surface area contributed by atoms with Gasteiger partial charge in [0.15, 0.2) is 5.69 Å². The molecule has 0 saturated heterocycles. The monoisotopic (exact) mass is 428 g/mol. The summed E-state index contributed by atoms with van der Waals surface area (Å²) in [6.07, 6.45) is 0.982. The number of fused-ring (bicyclic) bond motifs is 1. The van der Waals surface area contributed by atoms with E-state index in [-0.39, 0.29) is 11.0 Å². The number of rotatable bonds is 5. The molecule has 0 unspecified atom stereocenters. The molecule has 3 aromatic carbocycles. The van der Waals surface area contributed by atoms with Gasteiger partial charge in [-0.1, -0.05) is 61.5 Å². The number of para-hydroxylation sites is 1. The second kappa shape index (κ2) is 9.10. The predicted molar refractivity (Wildman–Crippen MR) is 130 cm³/mol. The topological polar surface area (TPSA) is 61.9 Å². The van der Waals surface area contributed by atoms with Gasteiger partial charge in [0.25, 0.3) is 0 Å². The van der Waals surface area contributed by atoms with Crippen molar-refractivity contribution in [1.82, 2.24) is 4.57 Å². The lowest BCUT2D eigenvalue weighted by Crippen LogP contribution is -2.04. The first-order valence-electron chi connectivity index (χ1n) is 10.2. The molecule has 0 atom stereocenters. The van der Waals surface area contributed by atoms with E-state index >= 15 is 0 Å². The van der Waals surface area contributed by atoms with E-state index in [1.807, 2.05) is 65.2 Å². The van der Waals surface area contributed by atoms with Gasteiger partial charge in [0.05, 0.1) is 12.1 Å².